The van der Waals surface area contributed by atoms with Gasteiger partial charge in [-0.1, -0.05) is 11.6 Å². The first-order chi connectivity index (χ1) is 6.43. The first-order valence-corrected chi connectivity index (χ1v) is 5.11. The highest BCUT2D eigenvalue weighted by Gasteiger charge is 2.19. The fraction of sp³-hybridized carbons (Fsp3) is 0.143. The third-order valence-electron chi connectivity index (χ3n) is 1.38. The fourth-order valence-corrected chi connectivity index (χ4v) is 2.11. The Balaban J connectivity index is 3.32. The molecule has 1 rings (SSSR count). The zero-order valence-corrected chi connectivity index (χ0v) is 10.1. The molecule has 0 fully saturated rings. The topological polar surface area (TPSA) is 30.0 Å². The van der Waals surface area contributed by atoms with Crippen molar-refractivity contribution < 1.29 is 13.6 Å². The van der Waals surface area contributed by atoms with Crippen LogP contribution in [0, 0.1) is 3.70 Å². The van der Waals surface area contributed by atoms with Crippen LogP contribution in [0.4, 0.5) is 8.78 Å². The molecule has 7 heteroatoms. The average Bonchev–Trinajstić information content (AvgIpc) is 2.01. The van der Waals surface area contributed by atoms with Gasteiger partial charge < -0.3 is 0 Å². The lowest BCUT2D eigenvalue weighted by Crippen LogP contribution is -2.01. The van der Waals surface area contributed by atoms with Crippen LogP contribution in [-0.2, 0) is 0 Å². The van der Waals surface area contributed by atoms with Gasteiger partial charge in [0.15, 0.2) is 0 Å². The van der Waals surface area contributed by atoms with Gasteiger partial charge in [0.05, 0.1) is 10.6 Å². The molecule has 0 saturated carbocycles. The summed E-state index contributed by atoms with van der Waals surface area (Å²) in [6, 6.07) is 1.03. The Morgan fingerprint density at radius 1 is 1.57 bits per heavy atom. The molecular weight excluding hydrogens is 350 g/mol. The second-order valence-corrected chi connectivity index (χ2v) is 4.04. The van der Waals surface area contributed by atoms with Gasteiger partial charge in [-0.2, -0.15) is 0 Å². The molecule has 0 aliphatic rings. The summed E-state index contributed by atoms with van der Waals surface area (Å²) in [5.41, 5.74) is -0.514. The number of carbonyl (C=O) groups excluding carboxylic acids is 1. The number of rotatable bonds is 2. The summed E-state index contributed by atoms with van der Waals surface area (Å²) < 4.78 is 24.7. The predicted molar refractivity (Wildman–Crippen MR) is 57.1 cm³/mol. The van der Waals surface area contributed by atoms with Gasteiger partial charge in [-0.05, 0) is 40.3 Å². The van der Waals surface area contributed by atoms with Crippen molar-refractivity contribution in [2.45, 2.75) is 6.43 Å². The van der Waals surface area contributed by atoms with Crippen molar-refractivity contribution in [3.8, 4) is 0 Å². The lowest BCUT2D eigenvalue weighted by atomic mass is 10.2. The molecule has 0 unspecified atom stereocenters. The molecule has 0 aliphatic heterocycles. The maximum Gasteiger partial charge on any atom is 0.270 e. The molecule has 76 valence electrons. The van der Waals surface area contributed by atoms with E-state index in [1.165, 1.54) is 0 Å². The Labute approximate surface area is 102 Å². The van der Waals surface area contributed by atoms with E-state index in [4.69, 9.17) is 23.2 Å². The molecule has 14 heavy (non-hydrogen) atoms. The smallest absolute Gasteiger partial charge is 0.270 e. The largest absolute Gasteiger partial charge is 0.274 e. The van der Waals surface area contributed by atoms with E-state index >= 15 is 0 Å². The minimum atomic E-state index is -2.72. The predicted octanol–water partition coefficient (Wildman–Crippen LogP) is 3.66. The Hall–Kier alpha value is -0.0100. The van der Waals surface area contributed by atoms with Gasteiger partial charge in [-0.15, -0.1) is 0 Å². The summed E-state index contributed by atoms with van der Waals surface area (Å²) in [6.45, 7) is 0. The molecule has 0 amide bonds. The first-order valence-electron chi connectivity index (χ1n) is 3.27. The van der Waals surface area contributed by atoms with Crippen molar-refractivity contribution in [1.29, 1.82) is 0 Å². The van der Waals surface area contributed by atoms with Gasteiger partial charge in [0.25, 0.3) is 11.7 Å². The number of alkyl halides is 2. The summed E-state index contributed by atoms with van der Waals surface area (Å²) in [5.74, 6) is 0. The van der Waals surface area contributed by atoms with Crippen molar-refractivity contribution in [1.82, 2.24) is 4.98 Å². The summed E-state index contributed by atoms with van der Waals surface area (Å²) in [7, 11) is 0. The molecular formula is C7H2Cl2F2INO. The molecule has 0 aliphatic carbocycles. The molecule has 0 N–H and O–H groups in total. The van der Waals surface area contributed by atoms with E-state index in [9.17, 15) is 13.6 Å². The SMILES string of the molecule is O=C(Cl)c1cc(Cl)c(C(F)F)c(I)n1. The maximum absolute atomic E-state index is 12.4. The number of halogens is 5. The van der Waals surface area contributed by atoms with Crippen molar-refractivity contribution in [3.05, 3.63) is 26.0 Å². The van der Waals surface area contributed by atoms with Crippen LogP contribution in [0.15, 0.2) is 6.07 Å². The highest BCUT2D eigenvalue weighted by molar-refractivity contribution is 14.1. The maximum atomic E-state index is 12.4. The second-order valence-electron chi connectivity index (χ2n) is 2.27. The lowest BCUT2D eigenvalue weighted by Gasteiger charge is -2.05. The van der Waals surface area contributed by atoms with Crippen LogP contribution in [0.25, 0.3) is 0 Å². The van der Waals surface area contributed by atoms with Crippen molar-refractivity contribution in [2.24, 2.45) is 0 Å². The monoisotopic (exact) mass is 351 g/mol. The number of aromatic nitrogens is 1. The van der Waals surface area contributed by atoms with Crippen LogP contribution in [0.5, 0.6) is 0 Å². The van der Waals surface area contributed by atoms with Gasteiger partial charge in [-0.25, -0.2) is 13.8 Å². The molecule has 0 spiro atoms. The van der Waals surface area contributed by atoms with E-state index in [-0.39, 0.29) is 20.0 Å². The number of carbonyl (C=O) groups is 1. The number of hydrogen-bond acceptors (Lipinski definition) is 2. The molecule has 0 aromatic carbocycles. The summed E-state index contributed by atoms with van der Waals surface area (Å²) in [4.78, 5) is 14.3. The fourth-order valence-electron chi connectivity index (χ4n) is 0.790. The van der Waals surface area contributed by atoms with Crippen LogP contribution in [0.2, 0.25) is 5.02 Å². The summed E-state index contributed by atoms with van der Waals surface area (Å²) in [6.07, 6.45) is -2.72. The number of hydrogen-bond donors (Lipinski definition) is 0. The molecule has 2 nitrogen and oxygen atoms in total. The van der Waals surface area contributed by atoms with E-state index in [1.807, 2.05) is 0 Å². The van der Waals surface area contributed by atoms with Crippen molar-refractivity contribution >= 4 is 51.0 Å². The first kappa shape index (κ1) is 12.1. The lowest BCUT2D eigenvalue weighted by molar-refractivity contribution is 0.107. The molecule has 0 bridgehead atoms. The van der Waals surface area contributed by atoms with Crippen molar-refractivity contribution in [2.75, 3.05) is 0 Å². The minimum Gasteiger partial charge on any atom is -0.274 e. The van der Waals surface area contributed by atoms with Crippen LogP contribution in [0.1, 0.15) is 22.5 Å². The van der Waals surface area contributed by atoms with E-state index < -0.39 is 11.7 Å². The van der Waals surface area contributed by atoms with Gasteiger partial charge in [0.1, 0.15) is 9.39 Å². The van der Waals surface area contributed by atoms with E-state index in [2.05, 4.69) is 4.98 Å². The van der Waals surface area contributed by atoms with Crippen LogP contribution >= 0.6 is 45.8 Å². The Morgan fingerprint density at radius 3 is 2.50 bits per heavy atom. The Bertz CT molecular complexity index is 363. The summed E-state index contributed by atoms with van der Waals surface area (Å²) in [5, 5.41) is -1.03. The van der Waals surface area contributed by atoms with Gasteiger partial charge in [0.2, 0.25) is 0 Å². The third-order valence-corrected chi connectivity index (χ3v) is 2.71. The van der Waals surface area contributed by atoms with E-state index in [0.29, 0.717) is 0 Å². The molecule has 0 radical (unpaired) electrons. The van der Waals surface area contributed by atoms with Gasteiger partial charge in [-0.3, -0.25) is 4.79 Å². The van der Waals surface area contributed by atoms with Gasteiger partial charge in [0, 0.05) is 0 Å². The van der Waals surface area contributed by atoms with Crippen LogP contribution < -0.4 is 0 Å². The second kappa shape index (κ2) is 4.67. The highest BCUT2D eigenvalue weighted by Crippen LogP contribution is 2.31. The van der Waals surface area contributed by atoms with E-state index in [0.717, 1.165) is 6.07 Å². The van der Waals surface area contributed by atoms with Crippen LogP contribution in [-0.4, -0.2) is 10.2 Å². The molecule has 1 heterocycles. The molecule has 1 aromatic heterocycles. The zero-order valence-electron chi connectivity index (χ0n) is 6.40. The highest BCUT2D eigenvalue weighted by atomic mass is 127. The third kappa shape index (κ3) is 2.52. The Kier molecular flexibility index (Phi) is 4.03. The zero-order chi connectivity index (χ0) is 10.9. The number of nitrogens with zero attached hydrogens (tertiary/aromatic N) is 1. The number of pyridine rings is 1. The standard InChI is InChI=1S/C7H2Cl2F2INO/c8-2-1-3(5(9)14)13-7(12)4(2)6(10)11/h1,6H. The quantitative estimate of drug-likeness (QED) is 0.462. The average molecular weight is 352 g/mol. The molecule has 0 saturated heterocycles. The van der Waals surface area contributed by atoms with Crippen LogP contribution in [0.3, 0.4) is 0 Å². The Morgan fingerprint density at radius 2 is 2.14 bits per heavy atom. The van der Waals surface area contributed by atoms with Crippen molar-refractivity contribution in [3.63, 3.8) is 0 Å². The van der Waals surface area contributed by atoms with Gasteiger partial charge >= 0.3 is 0 Å². The van der Waals surface area contributed by atoms with E-state index in [1.54, 1.807) is 22.6 Å². The minimum absolute atomic E-state index is 0.0194. The molecule has 0 atom stereocenters. The summed E-state index contributed by atoms with van der Waals surface area (Å²) >= 11 is 12.2. The molecule has 1 aromatic rings. The normalized spacial score (nSPS) is 10.7.